The Morgan fingerprint density at radius 3 is 2.52 bits per heavy atom. The molecular formula is C21H31ClN2O. The van der Waals surface area contributed by atoms with Crippen LogP contribution in [0.2, 0.25) is 5.02 Å². The van der Waals surface area contributed by atoms with E-state index in [2.05, 4.69) is 10.2 Å². The number of piperidine rings is 1. The number of rotatable bonds is 6. The highest BCUT2D eigenvalue weighted by Crippen LogP contribution is 2.25. The highest BCUT2D eigenvalue weighted by Gasteiger charge is 2.23. The summed E-state index contributed by atoms with van der Waals surface area (Å²) in [5.74, 6) is 1.07. The zero-order chi connectivity index (χ0) is 17.5. The monoisotopic (exact) mass is 362 g/mol. The van der Waals surface area contributed by atoms with Gasteiger partial charge >= 0.3 is 0 Å². The van der Waals surface area contributed by atoms with Gasteiger partial charge in [0.2, 0.25) is 5.91 Å². The van der Waals surface area contributed by atoms with E-state index in [4.69, 9.17) is 11.6 Å². The second-order valence-electron chi connectivity index (χ2n) is 7.74. The summed E-state index contributed by atoms with van der Waals surface area (Å²) in [6.07, 6.45) is 10.5. The fraction of sp³-hybridized carbons (Fsp3) is 0.667. The lowest BCUT2D eigenvalue weighted by molar-refractivity contribution is -0.122. The molecular weight excluding hydrogens is 332 g/mol. The fourth-order valence-electron chi connectivity index (χ4n) is 4.24. The van der Waals surface area contributed by atoms with Crippen LogP contribution in [0.4, 0.5) is 0 Å². The van der Waals surface area contributed by atoms with Crippen LogP contribution in [0.3, 0.4) is 0 Å². The van der Waals surface area contributed by atoms with Crippen molar-refractivity contribution in [1.29, 1.82) is 0 Å². The summed E-state index contributed by atoms with van der Waals surface area (Å²) < 4.78 is 0. The minimum Gasteiger partial charge on any atom is -0.353 e. The molecule has 1 amide bonds. The lowest BCUT2D eigenvalue weighted by Gasteiger charge is -2.35. The number of nitrogens with zero attached hydrogens (tertiary/aromatic N) is 1. The van der Waals surface area contributed by atoms with Crippen molar-refractivity contribution in [2.24, 2.45) is 5.92 Å². The maximum Gasteiger partial charge on any atom is 0.220 e. The lowest BCUT2D eigenvalue weighted by atomic mass is 9.88. The molecule has 1 aliphatic heterocycles. The van der Waals surface area contributed by atoms with Gasteiger partial charge in [-0.15, -0.1) is 0 Å². The van der Waals surface area contributed by atoms with Crippen LogP contribution in [-0.2, 0) is 11.2 Å². The number of amides is 1. The van der Waals surface area contributed by atoms with Crippen molar-refractivity contribution in [3.63, 3.8) is 0 Å². The summed E-state index contributed by atoms with van der Waals surface area (Å²) >= 11 is 6.16. The van der Waals surface area contributed by atoms with Crippen LogP contribution < -0.4 is 5.32 Å². The molecule has 25 heavy (non-hydrogen) atoms. The van der Waals surface area contributed by atoms with Crippen LogP contribution in [0, 0.1) is 5.92 Å². The Kier molecular flexibility index (Phi) is 7.18. The van der Waals surface area contributed by atoms with Gasteiger partial charge in [0.25, 0.3) is 0 Å². The maximum absolute atomic E-state index is 12.2. The van der Waals surface area contributed by atoms with Crippen LogP contribution in [-0.4, -0.2) is 36.5 Å². The number of hydrogen-bond donors (Lipinski definition) is 1. The molecule has 1 aromatic carbocycles. The third kappa shape index (κ3) is 6.00. The largest absolute Gasteiger partial charge is 0.353 e. The molecule has 0 bridgehead atoms. The van der Waals surface area contributed by atoms with Gasteiger partial charge in [0.1, 0.15) is 0 Å². The molecule has 138 valence electrons. The Morgan fingerprint density at radius 2 is 1.80 bits per heavy atom. The van der Waals surface area contributed by atoms with E-state index in [1.165, 1.54) is 38.6 Å². The summed E-state index contributed by atoms with van der Waals surface area (Å²) in [6.45, 7) is 3.53. The van der Waals surface area contributed by atoms with E-state index in [0.29, 0.717) is 18.9 Å². The molecule has 0 unspecified atom stereocenters. The molecule has 2 fully saturated rings. The number of carbonyl (C=O) groups is 1. The molecule has 1 saturated heterocycles. The predicted molar refractivity (Wildman–Crippen MR) is 104 cm³/mol. The first-order valence-corrected chi connectivity index (χ1v) is 10.3. The van der Waals surface area contributed by atoms with Gasteiger partial charge in [-0.3, -0.25) is 4.79 Å². The third-order valence-corrected chi connectivity index (χ3v) is 6.14. The average molecular weight is 363 g/mol. The molecule has 4 heteroatoms. The molecule has 3 rings (SSSR count). The molecule has 0 spiro atoms. The topological polar surface area (TPSA) is 32.3 Å². The van der Waals surface area contributed by atoms with Crippen molar-refractivity contribution in [2.45, 2.75) is 63.8 Å². The summed E-state index contributed by atoms with van der Waals surface area (Å²) in [4.78, 5) is 14.8. The zero-order valence-corrected chi connectivity index (χ0v) is 15.9. The van der Waals surface area contributed by atoms with Gasteiger partial charge in [0.05, 0.1) is 0 Å². The minimum absolute atomic E-state index is 0.158. The summed E-state index contributed by atoms with van der Waals surface area (Å²) in [5.41, 5.74) is 1.06. The van der Waals surface area contributed by atoms with E-state index in [-0.39, 0.29) is 5.91 Å². The van der Waals surface area contributed by atoms with E-state index in [1.54, 1.807) is 0 Å². The fourth-order valence-corrected chi connectivity index (χ4v) is 4.47. The van der Waals surface area contributed by atoms with E-state index < -0.39 is 0 Å². The molecule has 2 aliphatic rings. The van der Waals surface area contributed by atoms with Gasteiger partial charge in [-0.05, 0) is 49.7 Å². The standard InChI is InChI=1S/C21H31ClN2O/c22-20-9-5-4-8-18(20)10-11-21(25)23-19-12-14-24(15-13-19)16-17-6-2-1-3-7-17/h4-5,8-9,17,19H,1-3,6-7,10-16H2,(H,23,25). The van der Waals surface area contributed by atoms with Crippen LogP contribution in [0.15, 0.2) is 24.3 Å². The SMILES string of the molecule is O=C(CCc1ccccc1Cl)NC1CCN(CC2CCCCC2)CC1. The Morgan fingerprint density at radius 1 is 1.08 bits per heavy atom. The number of halogens is 1. The quantitative estimate of drug-likeness (QED) is 0.811. The van der Waals surface area contributed by atoms with Crippen molar-refractivity contribution >= 4 is 17.5 Å². The number of aryl methyl sites for hydroxylation is 1. The Labute approximate surface area is 157 Å². The summed E-state index contributed by atoms with van der Waals surface area (Å²) in [5, 5.41) is 3.98. The normalized spacial score (nSPS) is 20.5. The Hall–Kier alpha value is -1.06. The van der Waals surface area contributed by atoms with E-state index in [0.717, 1.165) is 42.4 Å². The minimum atomic E-state index is 0.158. The number of carbonyl (C=O) groups excluding carboxylic acids is 1. The predicted octanol–water partition coefficient (Wildman–Crippen LogP) is 4.43. The summed E-state index contributed by atoms with van der Waals surface area (Å²) in [6, 6.07) is 8.13. The first kappa shape index (κ1) is 18.7. The molecule has 1 aromatic rings. The zero-order valence-electron chi connectivity index (χ0n) is 15.2. The number of nitrogens with one attached hydrogen (secondary N) is 1. The third-order valence-electron chi connectivity index (χ3n) is 5.77. The number of benzene rings is 1. The second kappa shape index (κ2) is 9.59. The smallest absolute Gasteiger partial charge is 0.220 e. The van der Waals surface area contributed by atoms with Crippen molar-refractivity contribution in [3.8, 4) is 0 Å². The molecule has 0 radical (unpaired) electrons. The van der Waals surface area contributed by atoms with Crippen molar-refractivity contribution < 1.29 is 4.79 Å². The van der Waals surface area contributed by atoms with Gasteiger partial charge in [-0.1, -0.05) is 49.1 Å². The van der Waals surface area contributed by atoms with Crippen molar-refractivity contribution in [3.05, 3.63) is 34.9 Å². The lowest BCUT2D eigenvalue weighted by Crippen LogP contribution is -2.46. The van der Waals surface area contributed by atoms with Crippen LogP contribution in [0.1, 0.15) is 56.9 Å². The van der Waals surface area contributed by atoms with Gasteiger partial charge in [-0.2, -0.15) is 0 Å². The van der Waals surface area contributed by atoms with E-state index in [1.807, 2.05) is 24.3 Å². The highest BCUT2D eigenvalue weighted by atomic mass is 35.5. The molecule has 1 saturated carbocycles. The molecule has 1 heterocycles. The molecule has 0 atom stereocenters. The molecule has 0 aromatic heterocycles. The first-order valence-electron chi connectivity index (χ1n) is 9.96. The van der Waals surface area contributed by atoms with Crippen LogP contribution in [0.5, 0.6) is 0 Å². The van der Waals surface area contributed by atoms with Gasteiger partial charge < -0.3 is 10.2 Å². The maximum atomic E-state index is 12.2. The van der Waals surface area contributed by atoms with Gasteiger partial charge in [0, 0.05) is 37.1 Å². The highest BCUT2D eigenvalue weighted by molar-refractivity contribution is 6.31. The molecule has 3 nitrogen and oxygen atoms in total. The van der Waals surface area contributed by atoms with E-state index in [9.17, 15) is 4.79 Å². The molecule has 1 N–H and O–H groups in total. The van der Waals surface area contributed by atoms with E-state index >= 15 is 0 Å². The first-order chi connectivity index (χ1) is 12.2. The number of likely N-dealkylation sites (tertiary alicyclic amines) is 1. The summed E-state index contributed by atoms with van der Waals surface area (Å²) in [7, 11) is 0. The Balaban J connectivity index is 1.34. The Bertz CT molecular complexity index is 549. The average Bonchev–Trinajstić information content (AvgIpc) is 2.64. The van der Waals surface area contributed by atoms with Crippen LogP contribution >= 0.6 is 11.6 Å². The number of hydrogen-bond acceptors (Lipinski definition) is 2. The van der Waals surface area contributed by atoms with Crippen molar-refractivity contribution in [2.75, 3.05) is 19.6 Å². The van der Waals surface area contributed by atoms with Crippen molar-refractivity contribution in [1.82, 2.24) is 10.2 Å². The van der Waals surface area contributed by atoms with Gasteiger partial charge in [0.15, 0.2) is 0 Å². The molecule has 1 aliphatic carbocycles. The van der Waals surface area contributed by atoms with Gasteiger partial charge in [-0.25, -0.2) is 0 Å². The van der Waals surface area contributed by atoms with Crippen LogP contribution in [0.25, 0.3) is 0 Å². The second-order valence-corrected chi connectivity index (χ2v) is 8.15.